The van der Waals surface area contributed by atoms with Crippen LogP contribution >= 0.6 is 0 Å². The maximum atomic E-state index is 4.12. The lowest BCUT2D eigenvalue weighted by Gasteiger charge is -2.07. The van der Waals surface area contributed by atoms with Gasteiger partial charge in [0.15, 0.2) is 0 Å². The third-order valence-corrected chi connectivity index (χ3v) is 2.94. The monoisotopic (exact) mass is 307 g/mol. The zero-order valence-corrected chi connectivity index (χ0v) is 14.8. The van der Waals surface area contributed by atoms with E-state index in [1.54, 1.807) is 0 Å². The fourth-order valence-corrected chi connectivity index (χ4v) is 1.67. The van der Waals surface area contributed by atoms with E-state index in [0.717, 1.165) is 40.0 Å². The first-order chi connectivity index (χ1) is 10.8. The Morgan fingerprint density at radius 2 is 1.61 bits per heavy atom. The predicted octanol–water partition coefficient (Wildman–Crippen LogP) is 6.32. The van der Waals surface area contributed by atoms with Crippen LogP contribution in [0, 0.1) is 0 Å². The van der Waals surface area contributed by atoms with Crippen molar-refractivity contribution in [3.05, 3.63) is 109 Å². The minimum atomic E-state index is 0.764. The van der Waals surface area contributed by atoms with Gasteiger partial charge in [-0.15, -0.1) is 0 Å². The molecule has 0 amide bonds. The van der Waals surface area contributed by atoms with Gasteiger partial charge in [0.05, 0.1) is 0 Å². The number of allylic oxidation sites excluding steroid dienone is 11. The molecule has 1 N–H and O–H groups in total. The highest BCUT2D eigenvalue weighted by Gasteiger charge is 1.99. The van der Waals surface area contributed by atoms with Gasteiger partial charge < -0.3 is 5.32 Å². The van der Waals surface area contributed by atoms with E-state index in [1.807, 2.05) is 63.4 Å². The highest BCUT2D eigenvalue weighted by atomic mass is 14.8. The topological polar surface area (TPSA) is 12.0 Å². The van der Waals surface area contributed by atoms with E-state index in [-0.39, 0.29) is 0 Å². The van der Waals surface area contributed by atoms with E-state index in [2.05, 4.69) is 38.2 Å². The molecule has 0 heterocycles. The molecule has 1 nitrogen and oxygen atoms in total. The maximum absolute atomic E-state index is 4.12. The van der Waals surface area contributed by atoms with Crippen molar-refractivity contribution in [3.63, 3.8) is 0 Å². The lowest BCUT2D eigenvalue weighted by atomic mass is 9.99. The molecule has 0 unspecified atom stereocenters. The Hall–Kier alpha value is -2.54. The van der Waals surface area contributed by atoms with Crippen LogP contribution in [0.4, 0.5) is 0 Å². The Morgan fingerprint density at radius 1 is 0.957 bits per heavy atom. The summed E-state index contributed by atoms with van der Waals surface area (Å²) in [5, 5.41) is 3.09. The van der Waals surface area contributed by atoms with Crippen LogP contribution in [0.1, 0.15) is 27.2 Å². The average molecular weight is 307 g/mol. The maximum Gasteiger partial charge on any atom is 0.0306 e. The number of hydrogen-bond donors (Lipinski definition) is 1. The van der Waals surface area contributed by atoms with Gasteiger partial charge in [-0.3, -0.25) is 0 Å². The van der Waals surface area contributed by atoms with E-state index in [9.17, 15) is 0 Å². The molecule has 0 saturated heterocycles. The van der Waals surface area contributed by atoms with Gasteiger partial charge in [0, 0.05) is 11.9 Å². The van der Waals surface area contributed by atoms with Crippen LogP contribution in [0.15, 0.2) is 109 Å². The molecular formula is C22H29N. The molecule has 0 saturated carbocycles. The molecule has 0 aromatic heterocycles. The molecule has 0 bridgehead atoms. The van der Waals surface area contributed by atoms with Crippen LogP contribution in [0.5, 0.6) is 0 Å². The van der Waals surface area contributed by atoms with Crippen molar-refractivity contribution in [3.8, 4) is 0 Å². The molecule has 0 spiro atoms. The second-order valence-electron chi connectivity index (χ2n) is 5.61. The first-order valence-corrected chi connectivity index (χ1v) is 7.55. The average Bonchev–Trinajstić information content (AvgIpc) is 2.47. The molecule has 0 aromatic carbocycles. The Morgan fingerprint density at radius 3 is 2.13 bits per heavy atom. The molecule has 0 aliphatic heterocycles. The molecule has 0 rings (SSSR count). The van der Waals surface area contributed by atoms with Crippen LogP contribution in [0.2, 0.25) is 0 Å². The zero-order valence-electron chi connectivity index (χ0n) is 14.8. The summed E-state index contributed by atoms with van der Waals surface area (Å²) in [7, 11) is 0. The lowest BCUT2D eigenvalue weighted by Crippen LogP contribution is -1.99. The Labute approximate surface area is 142 Å². The molecule has 122 valence electrons. The Bertz CT molecular complexity index is 604. The van der Waals surface area contributed by atoms with Crippen molar-refractivity contribution in [2.24, 2.45) is 0 Å². The zero-order chi connectivity index (χ0) is 17.8. The van der Waals surface area contributed by atoms with Crippen LogP contribution in [-0.2, 0) is 0 Å². The molecular weight excluding hydrogens is 278 g/mol. The molecule has 0 radical (unpaired) electrons. The molecule has 1 heteroatoms. The van der Waals surface area contributed by atoms with Gasteiger partial charge in [-0.25, -0.2) is 0 Å². The normalized spacial score (nSPS) is 12.5. The van der Waals surface area contributed by atoms with E-state index in [4.69, 9.17) is 0 Å². The molecule has 0 aliphatic rings. The van der Waals surface area contributed by atoms with E-state index in [0.29, 0.717) is 0 Å². The molecule has 23 heavy (non-hydrogen) atoms. The number of nitrogens with one attached hydrogen (secondary N) is 1. The van der Waals surface area contributed by atoms with E-state index in [1.165, 1.54) is 0 Å². The first-order valence-electron chi connectivity index (χ1n) is 7.55. The van der Waals surface area contributed by atoms with Gasteiger partial charge in [-0.05, 0) is 56.1 Å². The van der Waals surface area contributed by atoms with Gasteiger partial charge in [-0.1, -0.05) is 68.3 Å². The molecule has 0 aromatic rings. The summed E-state index contributed by atoms with van der Waals surface area (Å²) in [6.07, 6.45) is 14.2. The van der Waals surface area contributed by atoms with Gasteiger partial charge in [0.1, 0.15) is 0 Å². The van der Waals surface area contributed by atoms with Gasteiger partial charge in [0.2, 0.25) is 0 Å². The molecule has 0 atom stereocenters. The number of hydrogen-bond acceptors (Lipinski definition) is 1. The highest BCUT2D eigenvalue weighted by molar-refractivity contribution is 5.38. The summed E-state index contributed by atoms with van der Waals surface area (Å²) >= 11 is 0. The minimum Gasteiger partial charge on any atom is -0.362 e. The standard InChI is InChI=1S/C22H29N/c1-9-22(16-20(7)19(6)15-18(4)5)11-10-14-23-21(8)13-12-17(2)3/h9-15,23H,1-2,4,7-8,16H2,3,5-6H3/b13-12-,14-10+,19-15-,22-11+. The minimum absolute atomic E-state index is 0.764. The molecule has 0 aliphatic carbocycles. The Balaban J connectivity index is 4.65. The van der Waals surface area contributed by atoms with E-state index < -0.39 is 0 Å². The van der Waals surface area contributed by atoms with Crippen LogP contribution < -0.4 is 5.32 Å². The third-order valence-electron chi connectivity index (χ3n) is 2.94. The van der Waals surface area contributed by atoms with Crippen molar-refractivity contribution >= 4 is 0 Å². The van der Waals surface area contributed by atoms with Gasteiger partial charge in [0.25, 0.3) is 0 Å². The second-order valence-corrected chi connectivity index (χ2v) is 5.61. The summed E-state index contributed by atoms with van der Waals surface area (Å²) in [6.45, 7) is 25.5. The van der Waals surface area contributed by atoms with Crippen molar-refractivity contribution in [1.82, 2.24) is 5.32 Å². The van der Waals surface area contributed by atoms with Crippen molar-refractivity contribution in [1.29, 1.82) is 0 Å². The smallest absolute Gasteiger partial charge is 0.0306 e. The van der Waals surface area contributed by atoms with Crippen LogP contribution in [0.3, 0.4) is 0 Å². The second kappa shape index (κ2) is 11.1. The summed E-state index contributed by atoms with van der Waals surface area (Å²) in [6, 6.07) is 0. The third kappa shape index (κ3) is 10.8. The predicted molar refractivity (Wildman–Crippen MR) is 106 cm³/mol. The summed E-state index contributed by atoms with van der Waals surface area (Å²) in [5.41, 5.74) is 6.13. The first kappa shape index (κ1) is 20.5. The van der Waals surface area contributed by atoms with Gasteiger partial charge in [-0.2, -0.15) is 0 Å². The largest absolute Gasteiger partial charge is 0.362 e. The fourth-order valence-electron chi connectivity index (χ4n) is 1.67. The van der Waals surface area contributed by atoms with Crippen molar-refractivity contribution in [2.45, 2.75) is 27.2 Å². The SMILES string of the molecule is C=C/C(=C\C=C\NC(=C)/C=C\C(=C)C)CC(=C)/C(C)=C\C(=C)C. The quantitative estimate of drug-likeness (QED) is 0.466. The van der Waals surface area contributed by atoms with Crippen LogP contribution in [0.25, 0.3) is 0 Å². The van der Waals surface area contributed by atoms with Gasteiger partial charge >= 0.3 is 0 Å². The number of rotatable bonds is 10. The highest BCUT2D eigenvalue weighted by Crippen LogP contribution is 2.18. The van der Waals surface area contributed by atoms with Crippen LogP contribution in [-0.4, -0.2) is 0 Å². The van der Waals surface area contributed by atoms with Crippen molar-refractivity contribution < 1.29 is 0 Å². The molecule has 0 fully saturated rings. The fraction of sp³-hybridized carbons (Fsp3) is 0.182. The van der Waals surface area contributed by atoms with Crippen molar-refractivity contribution in [2.75, 3.05) is 0 Å². The Kier molecular flexibility index (Phi) is 9.86. The lowest BCUT2D eigenvalue weighted by molar-refractivity contribution is 1.12. The summed E-state index contributed by atoms with van der Waals surface area (Å²) in [5.74, 6) is 0. The summed E-state index contributed by atoms with van der Waals surface area (Å²) < 4.78 is 0. The van der Waals surface area contributed by atoms with E-state index >= 15 is 0 Å². The summed E-state index contributed by atoms with van der Waals surface area (Å²) in [4.78, 5) is 0.